The van der Waals surface area contributed by atoms with Crippen LogP contribution in [0.15, 0.2) is 44.5 Å². The van der Waals surface area contributed by atoms with Crippen LogP contribution < -0.4 is 21.9 Å². The number of anilines is 2. The van der Waals surface area contributed by atoms with Crippen molar-refractivity contribution in [2.45, 2.75) is 52.5 Å². The summed E-state index contributed by atoms with van der Waals surface area (Å²) in [5, 5.41) is 0. The highest BCUT2D eigenvalue weighted by molar-refractivity contribution is 5.95. The molecule has 3 N–H and O–H groups in total. The third-order valence-electron chi connectivity index (χ3n) is 5.20. The largest absolute Gasteiger partial charge is 0.441 e. The number of hydrogen-bond acceptors (Lipinski definition) is 6. The number of oxazole rings is 1. The number of nitrogens with zero attached hydrogens (tertiary/aromatic N) is 3. The van der Waals surface area contributed by atoms with Gasteiger partial charge in [-0.15, -0.1) is 0 Å². The van der Waals surface area contributed by atoms with Gasteiger partial charge < -0.3 is 15.1 Å². The van der Waals surface area contributed by atoms with Gasteiger partial charge in [-0.3, -0.25) is 19.1 Å². The quantitative estimate of drug-likeness (QED) is 0.482. The highest BCUT2D eigenvalue weighted by Crippen LogP contribution is 2.22. The first kappa shape index (κ1) is 24.0. The Kier molecular flexibility index (Phi) is 7.81. The molecule has 2 heterocycles. The van der Waals surface area contributed by atoms with Crippen molar-refractivity contribution in [2.75, 3.05) is 17.2 Å². The van der Waals surface area contributed by atoms with E-state index in [1.54, 1.807) is 12.1 Å². The summed E-state index contributed by atoms with van der Waals surface area (Å²) in [5.41, 5.74) is 5.54. The normalized spacial score (nSPS) is 11.0. The summed E-state index contributed by atoms with van der Waals surface area (Å²) < 4.78 is 20.1. The van der Waals surface area contributed by atoms with E-state index in [1.165, 1.54) is 27.8 Å². The van der Waals surface area contributed by atoms with Crippen molar-refractivity contribution in [2.24, 2.45) is 0 Å². The maximum atomic E-state index is 13.1. The fourth-order valence-electron chi connectivity index (χ4n) is 3.48. The van der Waals surface area contributed by atoms with E-state index >= 15 is 0 Å². The van der Waals surface area contributed by atoms with Gasteiger partial charge in [0.2, 0.25) is 5.91 Å². The molecule has 0 aliphatic rings. The highest BCUT2D eigenvalue weighted by atomic mass is 19.1. The fraction of sp³-hybridized carbons (Fsp3) is 0.391. The molecule has 0 saturated carbocycles. The first-order valence-corrected chi connectivity index (χ1v) is 11.0. The number of nitrogens with two attached hydrogens (primary N) is 1. The molecule has 10 heteroatoms. The number of nitrogens with one attached hydrogen (secondary N) is 1. The van der Waals surface area contributed by atoms with Gasteiger partial charge in [-0.2, -0.15) is 0 Å². The number of carbonyl (C=O) groups is 1. The molecule has 0 aliphatic heterocycles. The number of unbranched alkanes of at least 4 members (excludes halogenated alkanes) is 1. The lowest BCUT2D eigenvalue weighted by molar-refractivity contribution is -0.118. The molecule has 1 aromatic carbocycles. The predicted molar refractivity (Wildman–Crippen MR) is 124 cm³/mol. The van der Waals surface area contributed by atoms with Crippen LogP contribution >= 0.6 is 0 Å². The molecule has 0 atom stereocenters. The Bertz CT molecular complexity index is 1210. The second-order valence-electron chi connectivity index (χ2n) is 7.67. The highest BCUT2D eigenvalue weighted by Gasteiger charge is 2.24. The van der Waals surface area contributed by atoms with Gasteiger partial charge >= 0.3 is 5.69 Å². The maximum absolute atomic E-state index is 13.1. The smallest absolute Gasteiger partial charge is 0.330 e. The van der Waals surface area contributed by atoms with Crippen LogP contribution in [0.4, 0.5) is 15.9 Å². The molecule has 0 saturated heterocycles. The topological polar surface area (TPSA) is 127 Å². The van der Waals surface area contributed by atoms with Gasteiger partial charge in [0, 0.05) is 31.5 Å². The summed E-state index contributed by atoms with van der Waals surface area (Å²) >= 11 is 0. The number of nitrogen functional groups attached to an aromatic ring is 1. The molecule has 0 fully saturated rings. The second kappa shape index (κ2) is 10.8. The lowest BCUT2D eigenvalue weighted by atomic mass is 10.2. The average Bonchev–Trinajstić information content (AvgIpc) is 3.26. The maximum Gasteiger partial charge on any atom is 0.330 e. The monoisotopic (exact) mass is 457 g/mol. The van der Waals surface area contributed by atoms with Gasteiger partial charge in [-0.05, 0) is 37.1 Å². The van der Waals surface area contributed by atoms with Gasteiger partial charge in [0.1, 0.15) is 11.6 Å². The molecule has 33 heavy (non-hydrogen) atoms. The molecular weight excluding hydrogens is 429 g/mol. The standard InChI is InChI=1S/C23H28FN5O4/c1-3-5-13-29-21(25)20(22(31)27-23(29)32)28(12-4-2)19(30)11-10-18-26-14-17(33-18)15-6-8-16(24)9-7-15/h6-9,14H,3-5,10-13,25H2,1-2H3,(H,27,31,32). The minimum absolute atomic E-state index is 0.0167. The van der Waals surface area contributed by atoms with Crippen molar-refractivity contribution in [1.82, 2.24) is 14.5 Å². The van der Waals surface area contributed by atoms with Crippen molar-refractivity contribution >= 4 is 17.4 Å². The van der Waals surface area contributed by atoms with Crippen molar-refractivity contribution in [1.29, 1.82) is 0 Å². The average molecular weight is 458 g/mol. The Hall–Kier alpha value is -3.69. The number of aromatic amines is 1. The number of rotatable bonds is 10. The van der Waals surface area contributed by atoms with E-state index in [4.69, 9.17) is 10.2 Å². The first-order chi connectivity index (χ1) is 15.8. The third kappa shape index (κ3) is 5.57. The summed E-state index contributed by atoms with van der Waals surface area (Å²) in [6.07, 6.45) is 3.88. The minimum Gasteiger partial charge on any atom is -0.441 e. The van der Waals surface area contributed by atoms with Crippen molar-refractivity contribution in [3.63, 3.8) is 0 Å². The third-order valence-corrected chi connectivity index (χ3v) is 5.20. The van der Waals surface area contributed by atoms with Gasteiger partial charge in [0.25, 0.3) is 5.56 Å². The zero-order chi connectivity index (χ0) is 24.0. The number of benzene rings is 1. The van der Waals surface area contributed by atoms with E-state index in [0.29, 0.717) is 36.6 Å². The van der Waals surface area contributed by atoms with Gasteiger partial charge in [-0.1, -0.05) is 20.3 Å². The van der Waals surface area contributed by atoms with Crippen molar-refractivity contribution in [3.05, 3.63) is 63.0 Å². The Morgan fingerprint density at radius 1 is 1.21 bits per heavy atom. The molecule has 0 radical (unpaired) electrons. The molecule has 3 rings (SSSR count). The number of aromatic nitrogens is 3. The molecular formula is C23H28FN5O4. The Balaban J connectivity index is 1.79. The van der Waals surface area contributed by atoms with Gasteiger partial charge in [-0.25, -0.2) is 14.2 Å². The number of amides is 1. The Morgan fingerprint density at radius 3 is 2.61 bits per heavy atom. The lowest BCUT2D eigenvalue weighted by Crippen LogP contribution is -2.41. The van der Waals surface area contributed by atoms with Gasteiger partial charge in [0.05, 0.1) is 6.20 Å². The molecule has 0 bridgehead atoms. The van der Waals surface area contributed by atoms with Crippen molar-refractivity contribution in [3.8, 4) is 11.3 Å². The van der Waals surface area contributed by atoms with Crippen LogP contribution in [-0.4, -0.2) is 27.0 Å². The summed E-state index contributed by atoms with van der Waals surface area (Å²) in [5.74, 6) is 0.0980. The van der Waals surface area contributed by atoms with E-state index in [1.807, 2.05) is 13.8 Å². The number of carbonyl (C=O) groups excluding carboxylic acids is 1. The van der Waals surface area contributed by atoms with E-state index in [0.717, 1.165) is 6.42 Å². The van der Waals surface area contributed by atoms with Crippen LogP contribution in [0.25, 0.3) is 11.3 Å². The molecule has 9 nitrogen and oxygen atoms in total. The van der Waals surface area contributed by atoms with Crippen LogP contribution in [0.2, 0.25) is 0 Å². The molecule has 0 aliphatic carbocycles. The molecule has 0 spiro atoms. The van der Waals surface area contributed by atoms with Crippen LogP contribution in [0.5, 0.6) is 0 Å². The van der Waals surface area contributed by atoms with Crippen LogP contribution in [0.1, 0.15) is 45.4 Å². The van der Waals surface area contributed by atoms with E-state index in [2.05, 4.69) is 9.97 Å². The van der Waals surface area contributed by atoms with Crippen LogP contribution in [0.3, 0.4) is 0 Å². The van der Waals surface area contributed by atoms with Crippen LogP contribution in [-0.2, 0) is 17.8 Å². The van der Waals surface area contributed by atoms with E-state index in [9.17, 15) is 18.8 Å². The minimum atomic E-state index is -0.693. The second-order valence-corrected chi connectivity index (χ2v) is 7.67. The number of H-pyrrole nitrogens is 1. The Morgan fingerprint density at radius 2 is 1.94 bits per heavy atom. The molecule has 0 unspecified atom stereocenters. The molecule has 1 amide bonds. The fourth-order valence-corrected chi connectivity index (χ4v) is 3.48. The zero-order valence-electron chi connectivity index (χ0n) is 18.8. The number of hydrogen-bond donors (Lipinski definition) is 2. The van der Waals surface area contributed by atoms with E-state index in [-0.39, 0.29) is 42.6 Å². The first-order valence-electron chi connectivity index (χ1n) is 11.0. The SMILES string of the molecule is CCCCn1c(N)c(N(CCC)C(=O)CCc2ncc(-c3ccc(F)cc3)o2)c(=O)[nH]c1=O. The van der Waals surface area contributed by atoms with E-state index < -0.39 is 11.2 Å². The number of aryl methyl sites for hydroxylation is 1. The number of halogens is 1. The van der Waals surface area contributed by atoms with Crippen LogP contribution in [0, 0.1) is 5.82 Å². The lowest BCUT2D eigenvalue weighted by Gasteiger charge is -2.24. The molecule has 3 aromatic rings. The summed E-state index contributed by atoms with van der Waals surface area (Å²) in [4.78, 5) is 45.6. The summed E-state index contributed by atoms with van der Waals surface area (Å²) in [6, 6.07) is 5.81. The summed E-state index contributed by atoms with van der Waals surface area (Å²) in [7, 11) is 0. The Labute approximate surface area is 190 Å². The zero-order valence-corrected chi connectivity index (χ0v) is 18.8. The summed E-state index contributed by atoms with van der Waals surface area (Å²) in [6.45, 7) is 4.47. The predicted octanol–water partition coefficient (Wildman–Crippen LogP) is 3.09. The molecule has 2 aromatic heterocycles. The molecule has 176 valence electrons. The van der Waals surface area contributed by atoms with Crippen molar-refractivity contribution < 1.29 is 13.6 Å². The van der Waals surface area contributed by atoms with Gasteiger partial charge in [0.15, 0.2) is 17.3 Å².